The smallest absolute Gasteiger partial charge is 0.220 e. The Labute approximate surface area is 108 Å². The van der Waals surface area contributed by atoms with Gasteiger partial charge in [-0.3, -0.25) is 0 Å². The minimum atomic E-state index is -1.55. The molecule has 1 saturated heterocycles. The van der Waals surface area contributed by atoms with E-state index in [-0.39, 0.29) is 18.6 Å². The summed E-state index contributed by atoms with van der Waals surface area (Å²) < 4.78 is 16.1. The molecule has 6 heteroatoms. The number of rotatable bonds is 6. The normalized spacial score (nSPS) is 31.7. The van der Waals surface area contributed by atoms with Crippen LogP contribution in [0.1, 0.15) is 20.3 Å². The van der Waals surface area contributed by atoms with E-state index in [1.165, 1.54) is 21.1 Å². The highest BCUT2D eigenvalue weighted by molar-refractivity contribution is 4.84. The fraction of sp³-hybridized carbons (Fsp3) is 1.00. The highest BCUT2D eigenvalue weighted by atomic mass is 16.8. The van der Waals surface area contributed by atoms with E-state index >= 15 is 0 Å². The third kappa shape index (κ3) is 3.40. The van der Waals surface area contributed by atoms with E-state index in [1.807, 2.05) is 0 Å². The van der Waals surface area contributed by atoms with Crippen molar-refractivity contribution in [2.24, 2.45) is 5.92 Å². The first-order valence-electron chi connectivity index (χ1n) is 6.20. The number of piperidine rings is 1. The van der Waals surface area contributed by atoms with Gasteiger partial charge in [0.1, 0.15) is 0 Å². The fourth-order valence-corrected chi connectivity index (χ4v) is 2.07. The summed E-state index contributed by atoms with van der Waals surface area (Å²) in [7, 11) is 2.86. The lowest BCUT2D eigenvalue weighted by Gasteiger charge is -2.43. The van der Waals surface area contributed by atoms with Crippen LogP contribution in [0.5, 0.6) is 0 Å². The van der Waals surface area contributed by atoms with Crippen molar-refractivity contribution in [1.29, 1.82) is 0 Å². The lowest BCUT2D eigenvalue weighted by molar-refractivity contribution is -0.383. The summed E-state index contributed by atoms with van der Waals surface area (Å²) in [6, 6.07) is 0. The minimum Gasteiger partial charge on any atom is -0.396 e. The molecule has 1 aliphatic heterocycles. The SMILES string of the molecule is CO[C@@](C)(O[C@@H]1CNC[C@H](CO)C1)[C@](C)(O)OC. The first kappa shape index (κ1) is 15.8. The number of hydrogen-bond donors (Lipinski definition) is 3. The van der Waals surface area contributed by atoms with E-state index in [0.29, 0.717) is 6.54 Å². The Morgan fingerprint density at radius 2 is 1.89 bits per heavy atom. The highest BCUT2D eigenvalue weighted by Crippen LogP contribution is 2.30. The van der Waals surface area contributed by atoms with Crippen molar-refractivity contribution in [3.63, 3.8) is 0 Å². The third-order valence-corrected chi connectivity index (χ3v) is 3.68. The van der Waals surface area contributed by atoms with Gasteiger partial charge in [-0.1, -0.05) is 0 Å². The van der Waals surface area contributed by atoms with Crippen LogP contribution in [0, 0.1) is 5.92 Å². The van der Waals surface area contributed by atoms with Crippen LogP contribution in [0.4, 0.5) is 0 Å². The van der Waals surface area contributed by atoms with Crippen LogP contribution in [0.2, 0.25) is 0 Å². The van der Waals surface area contributed by atoms with Crippen LogP contribution >= 0.6 is 0 Å². The molecule has 0 aliphatic carbocycles. The lowest BCUT2D eigenvalue weighted by Crippen LogP contribution is -2.58. The van der Waals surface area contributed by atoms with Gasteiger partial charge in [-0.25, -0.2) is 0 Å². The summed E-state index contributed by atoms with van der Waals surface area (Å²) in [5.74, 6) is -2.64. The maximum absolute atomic E-state index is 10.2. The first-order chi connectivity index (χ1) is 8.38. The molecule has 1 fully saturated rings. The van der Waals surface area contributed by atoms with Crippen LogP contribution in [-0.2, 0) is 14.2 Å². The van der Waals surface area contributed by atoms with Gasteiger partial charge in [-0.15, -0.1) is 0 Å². The number of ether oxygens (including phenoxy) is 3. The van der Waals surface area contributed by atoms with Gasteiger partial charge in [0.05, 0.1) is 6.10 Å². The van der Waals surface area contributed by atoms with E-state index in [0.717, 1.165) is 13.0 Å². The molecule has 0 aromatic carbocycles. The molecule has 3 N–H and O–H groups in total. The lowest BCUT2D eigenvalue weighted by atomic mass is 9.98. The number of hydrogen-bond acceptors (Lipinski definition) is 6. The second kappa shape index (κ2) is 6.27. The molecule has 0 amide bonds. The molecule has 0 saturated carbocycles. The molecule has 0 unspecified atom stereocenters. The van der Waals surface area contributed by atoms with Gasteiger partial charge in [-0.05, 0) is 26.2 Å². The van der Waals surface area contributed by atoms with Crippen molar-refractivity contribution < 1.29 is 24.4 Å². The second-order valence-corrected chi connectivity index (χ2v) is 5.02. The fourth-order valence-electron chi connectivity index (χ4n) is 2.07. The van der Waals surface area contributed by atoms with Gasteiger partial charge in [0, 0.05) is 33.9 Å². The van der Waals surface area contributed by atoms with Gasteiger partial charge < -0.3 is 29.7 Å². The molecule has 6 nitrogen and oxygen atoms in total. The molecule has 108 valence electrons. The molecule has 0 aromatic rings. The molecule has 0 radical (unpaired) electrons. The average molecular weight is 263 g/mol. The summed E-state index contributed by atoms with van der Waals surface area (Å²) in [6.45, 7) is 4.70. The molecule has 18 heavy (non-hydrogen) atoms. The van der Waals surface area contributed by atoms with Gasteiger partial charge in [-0.2, -0.15) is 0 Å². The quantitative estimate of drug-likeness (QED) is 0.571. The summed E-state index contributed by atoms with van der Waals surface area (Å²) >= 11 is 0. The third-order valence-electron chi connectivity index (χ3n) is 3.68. The van der Waals surface area contributed by atoms with Gasteiger partial charge in [0.15, 0.2) is 0 Å². The molecule has 0 aromatic heterocycles. The molecular weight excluding hydrogens is 238 g/mol. The van der Waals surface area contributed by atoms with Gasteiger partial charge in [0.25, 0.3) is 0 Å². The summed E-state index contributed by atoms with van der Waals surface area (Å²) in [5.41, 5.74) is 0. The Kier molecular flexibility index (Phi) is 5.51. The van der Waals surface area contributed by atoms with Crippen LogP contribution < -0.4 is 5.32 Å². The first-order valence-corrected chi connectivity index (χ1v) is 6.20. The maximum atomic E-state index is 10.2. The van der Waals surface area contributed by atoms with Crippen LogP contribution in [0.25, 0.3) is 0 Å². The van der Waals surface area contributed by atoms with E-state index in [1.54, 1.807) is 6.92 Å². The van der Waals surface area contributed by atoms with E-state index in [4.69, 9.17) is 19.3 Å². The highest BCUT2D eigenvalue weighted by Gasteiger charge is 2.47. The number of methoxy groups -OCH3 is 2. The number of aliphatic hydroxyl groups excluding tert-OH is 1. The van der Waals surface area contributed by atoms with Gasteiger partial charge in [0.2, 0.25) is 11.6 Å². The van der Waals surface area contributed by atoms with Crippen molar-refractivity contribution in [3.05, 3.63) is 0 Å². The predicted octanol–water partition coefficient (Wildman–Crippen LogP) is -0.309. The Hall–Kier alpha value is -0.240. The summed E-state index contributed by atoms with van der Waals surface area (Å²) in [4.78, 5) is 0. The topological polar surface area (TPSA) is 80.2 Å². The summed E-state index contributed by atoms with van der Waals surface area (Å²) in [6.07, 6.45) is 0.588. The molecule has 1 aliphatic rings. The van der Waals surface area contributed by atoms with Crippen LogP contribution in [0.15, 0.2) is 0 Å². The number of aliphatic hydroxyl groups is 2. The van der Waals surface area contributed by atoms with E-state index in [2.05, 4.69) is 5.32 Å². The van der Waals surface area contributed by atoms with Crippen molar-refractivity contribution in [2.75, 3.05) is 33.9 Å². The Morgan fingerprint density at radius 3 is 2.39 bits per heavy atom. The van der Waals surface area contributed by atoms with Crippen molar-refractivity contribution in [3.8, 4) is 0 Å². The Bertz CT molecular complexity index is 261. The monoisotopic (exact) mass is 263 g/mol. The molecule has 1 rings (SSSR count). The minimum absolute atomic E-state index is 0.122. The zero-order chi connectivity index (χ0) is 13.8. The summed E-state index contributed by atoms with van der Waals surface area (Å²) in [5, 5.41) is 22.5. The van der Waals surface area contributed by atoms with Crippen LogP contribution in [-0.4, -0.2) is 61.8 Å². The van der Waals surface area contributed by atoms with Crippen molar-refractivity contribution in [1.82, 2.24) is 5.32 Å². The van der Waals surface area contributed by atoms with Crippen molar-refractivity contribution in [2.45, 2.75) is 37.9 Å². The standard InChI is InChI=1S/C12H25NO5/c1-11(15,16-3)12(2,17-4)18-10-5-9(8-14)6-13-7-10/h9-10,13-15H,5-8H2,1-4H3/t9-,10+,11-,12+/m1/s1. The molecule has 1 heterocycles. The van der Waals surface area contributed by atoms with Crippen molar-refractivity contribution >= 4 is 0 Å². The van der Waals surface area contributed by atoms with E-state index in [9.17, 15) is 5.11 Å². The Morgan fingerprint density at radius 1 is 1.22 bits per heavy atom. The van der Waals surface area contributed by atoms with Crippen LogP contribution in [0.3, 0.4) is 0 Å². The zero-order valence-corrected chi connectivity index (χ0v) is 11.6. The second-order valence-electron chi connectivity index (χ2n) is 5.02. The van der Waals surface area contributed by atoms with Gasteiger partial charge >= 0.3 is 0 Å². The average Bonchev–Trinajstić information content (AvgIpc) is 2.38. The molecular formula is C12H25NO5. The molecule has 0 spiro atoms. The predicted molar refractivity (Wildman–Crippen MR) is 66.0 cm³/mol. The molecule has 0 bridgehead atoms. The number of nitrogens with one attached hydrogen (secondary N) is 1. The molecule has 4 atom stereocenters. The zero-order valence-electron chi connectivity index (χ0n) is 11.6. The Balaban J connectivity index is 2.67. The van der Waals surface area contributed by atoms with E-state index < -0.39 is 11.6 Å². The largest absolute Gasteiger partial charge is 0.396 e. The maximum Gasteiger partial charge on any atom is 0.220 e.